The van der Waals surface area contributed by atoms with Crippen molar-refractivity contribution in [3.05, 3.63) is 28.8 Å². The number of carbonyl (C=O) groups is 2. The average molecular weight is 369 g/mol. The smallest absolute Gasteiger partial charge is 0.244 e. The molecule has 0 fully saturated rings. The highest BCUT2D eigenvalue weighted by molar-refractivity contribution is 6.32. The van der Waals surface area contributed by atoms with Crippen molar-refractivity contribution in [2.24, 2.45) is 5.92 Å². The highest BCUT2D eigenvalue weighted by Gasteiger charge is 2.10. The summed E-state index contributed by atoms with van der Waals surface area (Å²) < 4.78 is 10.7. The number of carbonyl (C=O) groups excluding carboxylic acids is 2. The first-order valence-electron chi connectivity index (χ1n) is 8.13. The summed E-state index contributed by atoms with van der Waals surface area (Å²) in [6.07, 6.45) is 3.03. The van der Waals surface area contributed by atoms with Gasteiger partial charge in [0.25, 0.3) is 0 Å². The van der Waals surface area contributed by atoms with E-state index in [9.17, 15) is 9.59 Å². The van der Waals surface area contributed by atoms with Gasteiger partial charge in [0.1, 0.15) is 0 Å². The number of methoxy groups -OCH3 is 1. The van der Waals surface area contributed by atoms with Crippen molar-refractivity contribution >= 4 is 29.5 Å². The van der Waals surface area contributed by atoms with Crippen LogP contribution in [0.2, 0.25) is 5.02 Å². The molecule has 138 valence electrons. The van der Waals surface area contributed by atoms with E-state index in [0.29, 0.717) is 41.8 Å². The number of ether oxygens (including phenoxy) is 2. The molecule has 0 bridgehead atoms. The van der Waals surface area contributed by atoms with Crippen molar-refractivity contribution in [3.63, 3.8) is 0 Å². The number of rotatable bonds is 9. The highest BCUT2D eigenvalue weighted by atomic mass is 35.5. The van der Waals surface area contributed by atoms with Crippen molar-refractivity contribution in [2.75, 3.05) is 26.8 Å². The van der Waals surface area contributed by atoms with Gasteiger partial charge in [-0.1, -0.05) is 25.4 Å². The van der Waals surface area contributed by atoms with E-state index in [1.807, 2.05) is 20.8 Å². The van der Waals surface area contributed by atoms with Crippen molar-refractivity contribution < 1.29 is 19.1 Å². The fraction of sp³-hybridized carbons (Fsp3) is 0.444. The van der Waals surface area contributed by atoms with Crippen LogP contribution in [-0.4, -0.2) is 38.6 Å². The van der Waals surface area contributed by atoms with Crippen LogP contribution in [0.4, 0.5) is 0 Å². The molecular weight excluding hydrogens is 344 g/mol. The van der Waals surface area contributed by atoms with Gasteiger partial charge in [0, 0.05) is 25.1 Å². The van der Waals surface area contributed by atoms with Gasteiger partial charge in [-0.3, -0.25) is 9.59 Å². The molecule has 0 aromatic heterocycles. The molecular formula is C18H25ClN2O4. The summed E-state index contributed by atoms with van der Waals surface area (Å²) in [4.78, 5) is 23.2. The zero-order valence-electron chi connectivity index (χ0n) is 15.0. The minimum Gasteiger partial charge on any atom is -0.493 e. The molecule has 0 aliphatic rings. The second-order valence-electron chi connectivity index (χ2n) is 5.54. The molecule has 0 unspecified atom stereocenters. The number of benzene rings is 1. The summed E-state index contributed by atoms with van der Waals surface area (Å²) >= 11 is 6.19. The van der Waals surface area contributed by atoms with E-state index in [1.165, 1.54) is 13.2 Å². The van der Waals surface area contributed by atoms with Crippen LogP contribution in [0.15, 0.2) is 18.2 Å². The van der Waals surface area contributed by atoms with Crippen LogP contribution in [0.25, 0.3) is 6.08 Å². The molecule has 1 aromatic rings. The Morgan fingerprint density at radius 1 is 1.24 bits per heavy atom. The van der Waals surface area contributed by atoms with Gasteiger partial charge < -0.3 is 20.1 Å². The fourth-order valence-electron chi connectivity index (χ4n) is 1.93. The van der Waals surface area contributed by atoms with Crippen molar-refractivity contribution in [2.45, 2.75) is 20.8 Å². The minimum atomic E-state index is -0.261. The lowest BCUT2D eigenvalue weighted by Crippen LogP contribution is -2.35. The molecule has 1 aromatic carbocycles. The highest BCUT2D eigenvalue weighted by Crippen LogP contribution is 2.36. The SMILES string of the molecule is CCOc1c(Cl)cc(C=CC(=O)NCCNC(=O)C(C)C)cc1OC. The van der Waals surface area contributed by atoms with E-state index < -0.39 is 0 Å². The van der Waals surface area contributed by atoms with Crippen molar-refractivity contribution in [1.82, 2.24) is 10.6 Å². The van der Waals surface area contributed by atoms with Crippen LogP contribution in [0.5, 0.6) is 11.5 Å². The molecule has 0 aliphatic carbocycles. The number of nitrogens with one attached hydrogen (secondary N) is 2. The summed E-state index contributed by atoms with van der Waals surface area (Å²) in [7, 11) is 1.53. The van der Waals surface area contributed by atoms with Gasteiger partial charge in [0.15, 0.2) is 11.5 Å². The Morgan fingerprint density at radius 3 is 2.52 bits per heavy atom. The van der Waals surface area contributed by atoms with E-state index in [-0.39, 0.29) is 17.7 Å². The van der Waals surface area contributed by atoms with Crippen molar-refractivity contribution in [3.8, 4) is 11.5 Å². The van der Waals surface area contributed by atoms with E-state index in [2.05, 4.69) is 10.6 Å². The van der Waals surface area contributed by atoms with Crippen molar-refractivity contribution in [1.29, 1.82) is 0 Å². The van der Waals surface area contributed by atoms with Gasteiger partial charge in [-0.15, -0.1) is 0 Å². The number of hydrogen-bond acceptors (Lipinski definition) is 4. The average Bonchev–Trinajstić information content (AvgIpc) is 2.58. The largest absolute Gasteiger partial charge is 0.493 e. The lowest BCUT2D eigenvalue weighted by Gasteiger charge is -2.12. The third-order valence-corrected chi connectivity index (χ3v) is 3.50. The summed E-state index contributed by atoms with van der Waals surface area (Å²) in [5.41, 5.74) is 0.716. The van der Waals surface area contributed by atoms with Crippen LogP contribution < -0.4 is 20.1 Å². The monoisotopic (exact) mass is 368 g/mol. The lowest BCUT2D eigenvalue weighted by atomic mass is 10.2. The lowest BCUT2D eigenvalue weighted by molar-refractivity contribution is -0.124. The second-order valence-corrected chi connectivity index (χ2v) is 5.94. The van der Waals surface area contributed by atoms with Gasteiger partial charge in [0.2, 0.25) is 11.8 Å². The molecule has 0 radical (unpaired) electrons. The summed E-state index contributed by atoms with van der Waals surface area (Å²) in [6, 6.07) is 3.44. The Kier molecular flexibility index (Phi) is 8.84. The molecule has 2 amide bonds. The molecule has 0 spiro atoms. The molecule has 1 rings (SSSR count). The predicted octanol–water partition coefficient (Wildman–Crippen LogP) is 2.65. The van der Waals surface area contributed by atoms with Crippen LogP contribution in [0.1, 0.15) is 26.3 Å². The first-order chi connectivity index (χ1) is 11.9. The Morgan fingerprint density at radius 2 is 1.92 bits per heavy atom. The molecule has 0 heterocycles. The molecule has 0 saturated carbocycles. The maximum atomic E-state index is 11.8. The van der Waals surface area contributed by atoms with Crippen LogP contribution in [0.3, 0.4) is 0 Å². The Hall–Kier alpha value is -2.21. The molecule has 7 heteroatoms. The molecule has 0 saturated heterocycles. The second kappa shape index (κ2) is 10.6. The number of amides is 2. The zero-order chi connectivity index (χ0) is 18.8. The van der Waals surface area contributed by atoms with E-state index in [1.54, 1.807) is 18.2 Å². The maximum Gasteiger partial charge on any atom is 0.244 e. The maximum absolute atomic E-state index is 11.8. The van der Waals surface area contributed by atoms with Crippen LogP contribution in [-0.2, 0) is 9.59 Å². The summed E-state index contributed by atoms with van der Waals surface area (Å²) in [5, 5.41) is 5.83. The fourth-order valence-corrected chi connectivity index (χ4v) is 2.20. The molecule has 2 N–H and O–H groups in total. The van der Waals surface area contributed by atoms with Gasteiger partial charge in [0.05, 0.1) is 18.7 Å². The number of hydrogen-bond donors (Lipinski definition) is 2. The quantitative estimate of drug-likeness (QED) is 0.519. The normalized spacial score (nSPS) is 10.8. The third-order valence-electron chi connectivity index (χ3n) is 3.22. The molecule has 0 atom stereocenters. The van der Waals surface area contributed by atoms with E-state index >= 15 is 0 Å². The zero-order valence-corrected chi connectivity index (χ0v) is 15.8. The van der Waals surface area contributed by atoms with Gasteiger partial charge in [-0.05, 0) is 30.7 Å². The van der Waals surface area contributed by atoms with Gasteiger partial charge in [-0.25, -0.2) is 0 Å². The van der Waals surface area contributed by atoms with E-state index in [0.717, 1.165) is 0 Å². The Balaban J connectivity index is 2.58. The Labute approximate surface area is 153 Å². The minimum absolute atomic E-state index is 0.0408. The van der Waals surface area contributed by atoms with Gasteiger partial charge >= 0.3 is 0 Å². The van der Waals surface area contributed by atoms with Crippen LogP contribution >= 0.6 is 11.6 Å². The molecule has 6 nitrogen and oxygen atoms in total. The summed E-state index contributed by atoms with van der Waals surface area (Å²) in [5.74, 6) is 0.610. The molecule has 25 heavy (non-hydrogen) atoms. The first kappa shape index (κ1) is 20.8. The molecule has 0 aliphatic heterocycles. The third kappa shape index (κ3) is 7.05. The van der Waals surface area contributed by atoms with Crippen LogP contribution in [0, 0.1) is 5.92 Å². The summed E-state index contributed by atoms with van der Waals surface area (Å²) in [6.45, 7) is 6.70. The first-order valence-corrected chi connectivity index (χ1v) is 8.50. The standard InChI is InChI=1S/C18H25ClN2O4/c1-5-25-17-14(19)10-13(11-15(17)24-4)6-7-16(22)20-8-9-21-18(23)12(2)3/h6-7,10-12H,5,8-9H2,1-4H3,(H,20,22)(H,21,23). The topological polar surface area (TPSA) is 76.7 Å². The predicted molar refractivity (Wildman–Crippen MR) is 99.1 cm³/mol. The Bertz CT molecular complexity index is 630. The van der Waals surface area contributed by atoms with Gasteiger partial charge in [-0.2, -0.15) is 0 Å². The number of halogens is 1. The van der Waals surface area contributed by atoms with E-state index in [4.69, 9.17) is 21.1 Å².